The van der Waals surface area contributed by atoms with E-state index < -0.39 is 11.7 Å². The van der Waals surface area contributed by atoms with Crippen LogP contribution in [-0.2, 0) is 6.18 Å². The molecule has 1 unspecified atom stereocenters. The van der Waals surface area contributed by atoms with E-state index in [4.69, 9.17) is 5.73 Å². The molecule has 1 heterocycles. The van der Waals surface area contributed by atoms with Gasteiger partial charge in [-0.2, -0.15) is 13.2 Å². The van der Waals surface area contributed by atoms with Gasteiger partial charge in [0.1, 0.15) is 0 Å². The molecule has 15 heavy (non-hydrogen) atoms. The average Bonchev–Trinajstić information content (AvgIpc) is 2.19. The predicted molar refractivity (Wildman–Crippen MR) is 51.3 cm³/mol. The number of halogens is 3. The second-order valence-corrected chi connectivity index (χ2v) is 3.31. The van der Waals surface area contributed by atoms with Crippen LogP contribution >= 0.6 is 0 Å². The average molecular weight is 218 g/mol. The van der Waals surface area contributed by atoms with E-state index in [0.717, 1.165) is 18.7 Å². The van der Waals surface area contributed by atoms with Crippen molar-refractivity contribution in [3.63, 3.8) is 0 Å². The number of nitrogens with two attached hydrogens (primary N) is 1. The van der Waals surface area contributed by atoms with Crippen LogP contribution in [0.4, 0.5) is 13.2 Å². The summed E-state index contributed by atoms with van der Waals surface area (Å²) in [6.45, 7) is 2.33. The minimum absolute atomic E-state index is 0.0345. The number of hydrogen-bond acceptors (Lipinski definition) is 2. The largest absolute Gasteiger partial charge is 0.417 e. The van der Waals surface area contributed by atoms with E-state index in [1.54, 1.807) is 0 Å². The molecule has 1 aromatic rings. The zero-order valence-electron chi connectivity index (χ0n) is 8.38. The Kier molecular flexibility index (Phi) is 3.68. The van der Waals surface area contributed by atoms with Crippen LogP contribution in [0.2, 0.25) is 0 Å². The third-order valence-electron chi connectivity index (χ3n) is 2.31. The third-order valence-corrected chi connectivity index (χ3v) is 2.31. The lowest BCUT2D eigenvalue weighted by atomic mass is 10.0. The topological polar surface area (TPSA) is 38.9 Å². The van der Waals surface area contributed by atoms with Gasteiger partial charge in [-0.3, -0.25) is 4.98 Å². The summed E-state index contributed by atoms with van der Waals surface area (Å²) in [5.74, 6) is 0.0345. The number of nitrogens with zero attached hydrogens (tertiary/aromatic N) is 1. The monoisotopic (exact) mass is 218 g/mol. The Labute approximate surface area is 86.3 Å². The van der Waals surface area contributed by atoms with Crippen molar-refractivity contribution in [1.29, 1.82) is 0 Å². The van der Waals surface area contributed by atoms with Crippen LogP contribution in [0.25, 0.3) is 0 Å². The number of rotatable bonds is 3. The Morgan fingerprint density at radius 2 is 2.07 bits per heavy atom. The number of aromatic nitrogens is 1. The van der Waals surface area contributed by atoms with Crippen molar-refractivity contribution in [1.82, 2.24) is 4.98 Å². The summed E-state index contributed by atoms with van der Waals surface area (Å²) in [5.41, 5.74) is 5.37. The molecule has 84 valence electrons. The van der Waals surface area contributed by atoms with Crippen molar-refractivity contribution >= 4 is 0 Å². The molecule has 1 atom stereocenters. The van der Waals surface area contributed by atoms with Crippen LogP contribution in [-0.4, -0.2) is 11.5 Å². The Balaban J connectivity index is 2.89. The van der Waals surface area contributed by atoms with Gasteiger partial charge in [-0.05, 0) is 18.6 Å². The lowest BCUT2D eigenvalue weighted by molar-refractivity contribution is -0.137. The molecule has 0 aliphatic heterocycles. The smallest absolute Gasteiger partial charge is 0.330 e. The van der Waals surface area contributed by atoms with Crippen molar-refractivity contribution in [2.75, 3.05) is 6.54 Å². The molecule has 0 aromatic carbocycles. The summed E-state index contributed by atoms with van der Waals surface area (Å²) < 4.78 is 36.7. The van der Waals surface area contributed by atoms with E-state index in [9.17, 15) is 13.2 Å². The van der Waals surface area contributed by atoms with Crippen molar-refractivity contribution in [3.8, 4) is 0 Å². The highest BCUT2D eigenvalue weighted by Gasteiger charge is 2.30. The van der Waals surface area contributed by atoms with Gasteiger partial charge in [0, 0.05) is 24.4 Å². The first kappa shape index (κ1) is 12.0. The molecule has 0 aliphatic carbocycles. The molecule has 0 bridgehead atoms. The summed E-state index contributed by atoms with van der Waals surface area (Å²) in [7, 11) is 0. The van der Waals surface area contributed by atoms with Gasteiger partial charge in [-0.15, -0.1) is 0 Å². The van der Waals surface area contributed by atoms with Gasteiger partial charge >= 0.3 is 6.18 Å². The molecule has 1 rings (SSSR count). The van der Waals surface area contributed by atoms with Gasteiger partial charge in [-0.25, -0.2) is 0 Å². The quantitative estimate of drug-likeness (QED) is 0.846. The molecule has 5 heteroatoms. The van der Waals surface area contributed by atoms with Gasteiger partial charge in [0.05, 0.1) is 5.56 Å². The molecule has 2 N–H and O–H groups in total. The number of hydrogen-bond donors (Lipinski definition) is 1. The summed E-state index contributed by atoms with van der Waals surface area (Å²) in [5, 5.41) is 0. The van der Waals surface area contributed by atoms with E-state index in [-0.39, 0.29) is 5.92 Å². The second kappa shape index (κ2) is 4.61. The molecule has 0 amide bonds. The van der Waals surface area contributed by atoms with E-state index in [2.05, 4.69) is 4.98 Å². The van der Waals surface area contributed by atoms with Crippen LogP contribution < -0.4 is 5.73 Å². The van der Waals surface area contributed by atoms with Crippen molar-refractivity contribution in [2.45, 2.75) is 25.4 Å². The van der Waals surface area contributed by atoms with Gasteiger partial charge in [-0.1, -0.05) is 6.92 Å². The van der Waals surface area contributed by atoms with Crippen LogP contribution in [0.5, 0.6) is 0 Å². The molecule has 0 fully saturated rings. The molecular formula is C10H13F3N2. The van der Waals surface area contributed by atoms with Crippen LogP contribution in [0.3, 0.4) is 0 Å². The minimum Gasteiger partial charge on any atom is -0.330 e. The van der Waals surface area contributed by atoms with Crippen molar-refractivity contribution in [3.05, 3.63) is 29.6 Å². The van der Waals surface area contributed by atoms with Gasteiger partial charge in [0.2, 0.25) is 0 Å². The Bertz CT molecular complexity index is 301. The van der Waals surface area contributed by atoms with E-state index in [1.807, 2.05) is 6.92 Å². The maximum atomic E-state index is 12.2. The molecule has 0 radical (unpaired) electrons. The highest BCUT2D eigenvalue weighted by molar-refractivity contribution is 5.19. The third kappa shape index (κ3) is 2.92. The molecule has 0 aliphatic rings. The Hall–Kier alpha value is -1.10. The summed E-state index contributed by atoms with van der Waals surface area (Å²) in [4.78, 5) is 3.79. The Morgan fingerprint density at radius 3 is 2.40 bits per heavy atom. The van der Waals surface area contributed by atoms with Crippen LogP contribution in [0.1, 0.15) is 30.5 Å². The van der Waals surface area contributed by atoms with E-state index >= 15 is 0 Å². The van der Waals surface area contributed by atoms with Crippen LogP contribution in [0.15, 0.2) is 18.3 Å². The first-order chi connectivity index (χ1) is 6.99. The fourth-order valence-corrected chi connectivity index (χ4v) is 1.31. The van der Waals surface area contributed by atoms with Gasteiger partial charge in [0.25, 0.3) is 0 Å². The summed E-state index contributed by atoms with van der Waals surface area (Å²) in [6.07, 6.45) is -2.70. The van der Waals surface area contributed by atoms with Crippen molar-refractivity contribution in [2.24, 2.45) is 5.73 Å². The van der Waals surface area contributed by atoms with E-state index in [1.165, 1.54) is 6.07 Å². The summed E-state index contributed by atoms with van der Waals surface area (Å²) in [6, 6.07) is 2.44. The normalized spacial score (nSPS) is 13.9. The Morgan fingerprint density at radius 1 is 1.40 bits per heavy atom. The SMILES string of the molecule is CCC(CN)c1ccc(C(F)(F)F)cn1. The zero-order chi connectivity index (χ0) is 11.5. The first-order valence-electron chi connectivity index (χ1n) is 4.72. The predicted octanol–water partition coefficient (Wildman–Crippen LogP) is 2.55. The maximum Gasteiger partial charge on any atom is 0.417 e. The lowest BCUT2D eigenvalue weighted by Gasteiger charge is -2.12. The van der Waals surface area contributed by atoms with Crippen LogP contribution in [0, 0.1) is 0 Å². The standard InChI is InChI=1S/C10H13F3N2/c1-2-7(5-14)9-4-3-8(6-15-9)10(11,12)13/h3-4,6-7H,2,5,14H2,1H3. The molecule has 0 spiro atoms. The molecule has 0 saturated carbocycles. The fourth-order valence-electron chi connectivity index (χ4n) is 1.31. The van der Waals surface area contributed by atoms with Crippen molar-refractivity contribution < 1.29 is 13.2 Å². The molecular weight excluding hydrogens is 205 g/mol. The highest BCUT2D eigenvalue weighted by Crippen LogP contribution is 2.29. The fraction of sp³-hybridized carbons (Fsp3) is 0.500. The molecule has 2 nitrogen and oxygen atoms in total. The summed E-state index contributed by atoms with van der Waals surface area (Å²) >= 11 is 0. The number of pyridine rings is 1. The highest BCUT2D eigenvalue weighted by atomic mass is 19.4. The first-order valence-corrected chi connectivity index (χ1v) is 4.72. The maximum absolute atomic E-state index is 12.2. The lowest BCUT2D eigenvalue weighted by Crippen LogP contribution is -2.14. The van der Waals surface area contributed by atoms with Gasteiger partial charge < -0.3 is 5.73 Å². The molecule has 0 saturated heterocycles. The number of alkyl halides is 3. The van der Waals surface area contributed by atoms with Gasteiger partial charge in [0.15, 0.2) is 0 Å². The van der Waals surface area contributed by atoms with E-state index in [0.29, 0.717) is 12.2 Å². The second-order valence-electron chi connectivity index (χ2n) is 3.31. The minimum atomic E-state index is -4.32. The molecule has 1 aromatic heterocycles. The zero-order valence-corrected chi connectivity index (χ0v) is 8.38.